The second-order valence-corrected chi connectivity index (χ2v) is 3.18. The predicted octanol–water partition coefficient (Wildman–Crippen LogP) is 1.58. The first-order chi connectivity index (χ1) is 4.56. The van der Waals surface area contributed by atoms with Crippen LogP contribution in [-0.4, -0.2) is 11.7 Å². The molecular formula is C9H14O. The van der Waals surface area contributed by atoms with Gasteiger partial charge in [0.15, 0.2) is 0 Å². The van der Waals surface area contributed by atoms with Gasteiger partial charge in [-0.3, -0.25) is 0 Å². The molecule has 0 aliphatic carbocycles. The van der Waals surface area contributed by atoms with Crippen molar-refractivity contribution in [2.75, 3.05) is 6.61 Å². The number of hydrogen-bond donors (Lipinski definition) is 1. The minimum absolute atomic E-state index is 0.0610. The maximum atomic E-state index is 8.29. The molecule has 1 N–H and O–H groups in total. The fraction of sp³-hybridized carbons (Fsp3) is 0.556. The maximum Gasteiger partial charge on any atom is 0.104 e. The van der Waals surface area contributed by atoms with Crippen LogP contribution in [0.4, 0.5) is 0 Å². The number of allylic oxidation sites excluding steroid dienone is 2. The van der Waals surface area contributed by atoms with Crippen LogP contribution in [0.1, 0.15) is 20.8 Å². The predicted molar refractivity (Wildman–Crippen MR) is 43.5 cm³/mol. The molecule has 1 heteroatoms. The molecule has 0 aromatic rings. The molecule has 0 aliphatic heterocycles. The SMILES string of the molecule is CC(C)(C)/C=C/C#CCO. The van der Waals surface area contributed by atoms with Gasteiger partial charge in [-0.1, -0.05) is 38.7 Å². The van der Waals surface area contributed by atoms with Crippen molar-refractivity contribution in [2.45, 2.75) is 20.8 Å². The van der Waals surface area contributed by atoms with E-state index in [4.69, 9.17) is 5.11 Å². The second kappa shape index (κ2) is 4.14. The quantitative estimate of drug-likeness (QED) is 0.504. The van der Waals surface area contributed by atoms with E-state index in [-0.39, 0.29) is 12.0 Å². The summed E-state index contributed by atoms with van der Waals surface area (Å²) in [5.41, 5.74) is 0.185. The number of aliphatic hydroxyl groups is 1. The van der Waals surface area contributed by atoms with E-state index in [9.17, 15) is 0 Å². The Morgan fingerprint density at radius 2 is 2.00 bits per heavy atom. The smallest absolute Gasteiger partial charge is 0.104 e. The summed E-state index contributed by atoms with van der Waals surface area (Å²) >= 11 is 0. The zero-order chi connectivity index (χ0) is 8.04. The molecule has 0 rings (SSSR count). The van der Waals surface area contributed by atoms with Gasteiger partial charge in [0.25, 0.3) is 0 Å². The summed E-state index contributed by atoms with van der Waals surface area (Å²) in [7, 11) is 0. The van der Waals surface area contributed by atoms with E-state index in [1.54, 1.807) is 6.08 Å². The van der Waals surface area contributed by atoms with Crippen LogP contribution in [0.15, 0.2) is 12.2 Å². The standard InChI is InChI=1S/C9H14O/c1-9(2,3)7-5-4-6-8-10/h5,7,10H,8H2,1-3H3/b7-5+. The Kier molecular flexibility index (Phi) is 3.83. The molecule has 0 radical (unpaired) electrons. The normalized spacial score (nSPS) is 11.2. The second-order valence-electron chi connectivity index (χ2n) is 3.18. The zero-order valence-electron chi connectivity index (χ0n) is 6.81. The van der Waals surface area contributed by atoms with Crippen LogP contribution in [0.25, 0.3) is 0 Å². The minimum atomic E-state index is -0.0610. The van der Waals surface area contributed by atoms with Crippen LogP contribution in [0.5, 0.6) is 0 Å². The summed E-state index contributed by atoms with van der Waals surface area (Å²) in [6, 6.07) is 0. The molecule has 0 spiro atoms. The Labute approximate surface area is 62.8 Å². The topological polar surface area (TPSA) is 20.2 Å². The largest absolute Gasteiger partial charge is 0.384 e. The molecule has 0 aliphatic rings. The molecule has 0 heterocycles. The van der Waals surface area contributed by atoms with Gasteiger partial charge < -0.3 is 5.11 Å². The Balaban J connectivity index is 3.78. The highest BCUT2D eigenvalue weighted by Crippen LogP contribution is 2.13. The molecule has 0 bridgehead atoms. The highest BCUT2D eigenvalue weighted by atomic mass is 16.2. The molecule has 0 saturated carbocycles. The van der Waals surface area contributed by atoms with E-state index in [2.05, 4.69) is 32.6 Å². The molecule has 0 unspecified atom stereocenters. The van der Waals surface area contributed by atoms with Crippen molar-refractivity contribution in [3.63, 3.8) is 0 Å². The molecule has 0 fully saturated rings. The average molecular weight is 138 g/mol. The maximum absolute atomic E-state index is 8.29. The van der Waals surface area contributed by atoms with Gasteiger partial charge in [-0.05, 0) is 11.5 Å². The lowest BCUT2D eigenvalue weighted by atomic mass is 9.96. The molecule has 10 heavy (non-hydrogen) atoms. The molecule has 1 nitrogen and oxygen atoms in total. The lowest BCUT2D eigenvalue weighted by Gasteiger charge is -2.09. The first-order valence-electron chi connectivity index (χ1n) is 3.33. The van der Waals surface area contributed by atoms with Gasteiger partial charge in [0, 0.05) is 0 Å². The van der Waals surface area contributed by atoms with Crippen molar-refractivity contribution in [1.29, 1.82) is 0 Å². The van der Waals surface area contributed by atoms with E-state index >= 15 is 0 Å². The van der Waals surface area contributed by atoms with Gasteiger partial charge in [0.1, 0.15) is 6.61 Å². The fourth-order valence-corrected chi connectivity index (χ4v) is 0.396. The van der Waals surface area contributed by atoms with Gasteiger partial charge in [-0.25, -0.2) is 0 Å². The van der Waals surface area contributed by atoms with Crippen molar-refractivity contribution in [3.05, 3.63) is 12.2 Å². The van der Waals surface area contributed by atoms with E-state index in [1.807, 2.05) is 6.08 Å². The zero-order valence-corrected chi connectivity index (χ0v) is 6.81. The Morgan fingerprint density at radius 1 is 1.40 bits per heavy atom. The third kappa shape index (κ3) is 7.26. The third-order valence-electron chi connectivity index (χ3n) is 0.848. The van der Waals surface area contributed by atoms with Gasteiger partial charge in [0.2, 0.25) is 0 Å². The molecule has 0 amide bonds. The van der Waals surface area contributed by atoms with Crippen LogP contribution in [0, 0.1) is 17.3 Å². The number of hydrogen-bond acceptors (Lipinski definition) is 1. The van der Waals surface area contributed by atoms with Crippen LogP contribution in [0.3, 0.4) is 0 Å². The minimum Gasteiger partial charge on any atom is -0.384 e. The van der Waals surface area contributed by atoms with Crippen molar-refractivity contribution in [1.82, 2.24) is 0 Å². The molecular weight excluding hydrogens is 124 g/mol. The number of aliphatic hydroxyl groups excluding tert-OH is 1. The van der Waals surface area contributed by atoms with Crippen molar-refractivity contribution in [2.24, 2.45) is 5.41 Å². The average Bonchev–Trinajstić information content (AvgIpc) is 1.78. The van der Waals surface area contributed by atoms with Crippen molar-refractivity contribution in [3.8, 4) is 11.8 Å². The first-order valence-corrected chi connectivity index (χ1v) is 3.33. The monoisotopic (exact) mass is 138 g/mol. The number of rotatable bonds is 0. The van der Waals surface area contributed by atoms with Gasteiger partial charge in [0.05, 0.1) is 0 Å². The third-order valence-corrected chi connectivity index (χ3v) is 0.848. The van der Waals surface area contributed by atoms with Crippen LogP contribution in [0.2, 0.25) is 0 Å². The molecule has 56 valence electrons. The summed E-state index contributed by atoms with van der Waals surface area (Å²) in [4.78, 5) is 0. The molecule has 0 aromatic heterocycles. The van der Waals surface area contributed by atoms with E-state index in [0.29, 0.717) is 0 Å². The van der Waals surface area contributed by atoms with E-state index < -0.39 is 0 Å². The Morgan fingerprint density at radius 3 is 2.40 bits per heavy atom. The van der Waals surface area contributed by atoms with Gasteiger partial charge in [-0.15, -0.1) is 0 Å². The molecule has 0 saturated heterocycles. The highest BCUT2D eigenvalue weighted by molar-refractivity contribution is 5.16. The lowest BCUT2D eigenvalue weighted by Crippen LogP contribution is -1.97. The van der Waals surface area contributed by atoms with Crippen molar-refractivity contribution >= 4 is 0 Å². The van der Waals surface area contributed by atoms with Crippen molar-refractivity contribution < 1.29 is 5.11 Å². The molecule has 0 atom stereocenters. The fourth-order valence-electron chi connectivity index (χ4n) is 0.396. The Bertz CT molecular complexity index is 161. The van der Waals surface area contributed by atoms with Gasteiger partial charge in [-0.2, -0.15) is 0 Å². The van der Waals surface area contributed by atoms with Crippen LogP contribution < -0.4 is 0 Å². The molecule has 0 aromatic carbocycles. The summed E-state index contributed by atoms with van der Waals surface area (Å²) < 4.78 is 0. The Hall–Kier alpha value is -0.740. The van der Waals surface area contributed by atoms with E-state index in [1.165, 1.54) is 0 Å². The van der Waals surface area contributed by atoms with E-state index in [0.717, 1.165) is 0 Å². The summed E-state index contributed by atoms with van der Waals surface area (Å²) in [5.74, 6) is 5.25. The van der Waals surface area contributed by atoms with Crippen LogP contribution >= 0.6 is 0 Å². The van der Waals surface area contributed by atoms with Crippen LogP contribution in [-0.2, 0) is 0 Å². The van der Waals surface area contributed by atoms with Gasteiger partial charge >= 0.3 is 0 Å². The summed E-state index contributed by atoms with van der Waals surface area (Å²) in [6.07, 6.45) is 3.78. The summed E-state index contributed by atoms with van der Waals surface area (Å²) in [6.45, 7) is 6.24. The summed E-state index contributed by atoms with van der Waals surface area (Å²) in [5, 5.41) is 8.29. The first kappa shape index (κ1) is 9.26. The highest BCUT2D eigenvalue weighted by Gasteiger charge is 2.01. The lowest BCUT2D eigenvalue weighted by molar-refractivity contribution is 0.350.